The summed E-state index contributed by atoms with van der Waals surface area (Å²) in [5, 5.41) is 22.3. The Kier molecular flexibility index (Phi) is 7.11. The van der Waals surface area contributed by atoms with Gasteiger partial charge in [0.15, 0.2) is 17.3 Å². The van der Waals surface area contributed by atoms with Crippen molar-refractivity contribution in [2.45, 2.75) is 18.8 Å². The van der Waals surface area contributed by atoms with E-state index in [2.05, 4.69) is 16.4 Å². The number of carbonyl (C=O) groups is 1. The first kappa shape index (κ1) is 25.3. The first-order chi connectivity index (χ1) is 17.7. The number of nitrogens with zero attached hydrogens (tertiary/aromatic N) is 3. The van der Waals surface area contributed by atoms with E-state index < -0.39 is 52.1 Å². The minimum absolute atomic E-state index is 0.147. The van der Waals surface area contributed by atoms with Gasteiger partial charge in [-0.15, -0.1) is 0 Å². The van der Waals surface area contributed by atoms with Gasteiger partial charge in [-0.1, -0.05) is 61.5 Å². The fraction of sp³-hybridized carbons (Fsp3) is 0.143. The van der Waals surface area contributed by atoms with Gasteiger partial charge in [-0.3, -0.25) is 14.2 Å². The molecule has 0 radical (unpaired) electrons. The van der Waals surface area contributed by atoms with Crippen molar-refractivity contribution in [3.05, 3.63) is 123 Å². The average Bonchev–Trinajstić information content (AvgIpc) is 2.91. The highest BCUT2D eigenvalue weighted by Crippen LogP contribution is 2.39. The van der Waals surface area contributed by atoms with Gasteiger partial charge in [-0.25, -0.2) is 13.8 Å². The number of nitrogens with one attached hydrogen (secondary N) is 1. The van der Waals surface area contributed by atoms with Crippen molar-refractivity contribution in [3.63, 3.8) is 0 Å². The van der Waals surface area contributed by atoms with Crippen molar-refractivity contribution in [1.82, 2.24) is 9.55 Å². The lowest BCUT2D eigenvalue weighted by Gasteiger charge is -2.27. The van der Waals surface area contributed by atoms with E-state index in [9.17, 15) is 28.7 Å². The highest BCUT2D eigenvalue weighted by molar-refractivity contribution is 6.04. The summed E-state index contributed by atoms with van der Waals surface area (Å²) in [5.41, 5.74) is -0.0130. The van der Waals surface area contributed by atoms with Crippen molar-refractivity contribution in [2.24, 2.45) is 7.05 Å². The third-order valence-corrected chi connectivity index (χ3v) is 6.20. The summed E-state index contributed by atoms with van der Waals surface area (Å²) in [6, 6.07) is 21.8. The van der Waals surface area contributed by atoms with Crippen LogP contribution in [0.15, 0.2) is 77.6 Å². The molecule has 0 bridgehead atoms. The molecule has 0 saturated carbocycles. The smallest absolute Gasteiger partial charge is 0.296 e. The second-order valence-electron chi connectivity index (χ2n) is 8.46. The maximum Gasteiger partial charge on any atom is 0.296 e. The fourth-order valence-electron chi connectivity index (χ4n) is 4.37. The molecule has 2 unspecified atom stereocenters. The number of anilines is 1. The Morgan fingerprint density at radius 1 is 1.05 bits per heavy atom. The summed E-state index contributed by atoms with van der Waals surface area (Å²) in [4.78, 5) is 30.2. The topological polar surface area (TPSA) is 108 Å². The van der Waals surface area contributed by atoms with Gasteiger partial charge in [0.25, 0.3) is 11.5 Å². The van der Waals surface area contributed by atoms with Crippen molar-refractivity contribution in [1.29, 1.82) is 5.26 Å². The standard InChI is InChI=1S/C28H22F2N4O3/c1-16(22(17-9-4-3-5-10-17)19-12-7-6-11-18(19)15-31)26-33-24(25(35)28(37)34(26)2)27(36)32-21-14-8-13-20(29)23(21)30/h3-14,16,22,35H,1-2H3,(H,32,36). The molecule has 0 spiro atoms. The van der Waals surface area contributed by atoms with Gasteiger partial charge >= 0.3 is 0 Å². The Labute approximate surface area is 211 Å². The van der Waals surface area contributed by atoms with Gasteiger partial charge < -0.3 is 10.4 Å². The van der Waals surface area contributed by atoms with Crippen LogP contribution in [0.25, 0.3) is 0 Å². The quantitative estimate of drug-likeness (QED) is 0.395. The molecule has 9 heteroatoms. The Hall–Kier alpha value is -4.84. The number of hydrogen-bond donors (Lipinski definition) is 2. The molecule has 1 amide bonds. The van der Waals surface area contributed by atoms with Crippen LogP contribution in [0.3, 0.4) is 0 Å². The van der Waals surface area contributed by atoms with Crippen LogP contribution in [0.5, 0.6) is 5.75 Å². The van der Waals surface area contributed by atoms with Crippen molar-refractivity contribution < 1.29 is 18.7 Å². The molecule has 2 atom stereocenters. The molecule has 2 N–H and O–H groups in total. The van der Waals surface area contributed by atoms with Crippen LogP contribution < -0.4 is 10.9 Å². The SMILES string of the molecule is CC(c1nc(C(=O)Nc2cccc(F)c2F)c(O)c(=O)n1C)C(c1ccccc1)c1ccccc1C#N. The second kappa shape index (κ2) is 10.4. The molecule has 0 fully saturated rings. The predicted octanol–water partition coefficient (Wildman–Crippen LogP) is 4.82. The lowest BCUT2D eigenvalue weighted by Crippen LogP contribution is -2.29. The van der Waals surface area contributed by atoms with E-state index in [1.807, 2.05) is 36.4 Å². The Morgan fingerprint density at radius 2 is 1.73 bits per heavy atom. The first-order valence-corrected chi connectivity index (χ1v) is 11.3. The van der Waals surface area contributed by atoms with Gasteiger partial charge in [0, 0.05) is 18.9 Å². The number of benzene rings is 3. The second-order valence-corrected chi connectivity index (χ2v) is 8.46. The number of halogens is 2. The lowest BCUT2D eigenvalue weighted by molar-refractivity contribution is 0.101. The minimum Gasteiger partial charge on any atom is -0.501 e. The Bertz CT molecular complexity index is 1580. The average molecular weight is 501 g/mol. The van der Waals surface area contributed by atoms with Crippen LogP contribution in [0.4, 0.5) is 14.5 Å². The molecule has 37 heavy (non-hydrogen) atoms. The third-order valence-electron chi connectivity index (χ3n) is 6.20. The minimum atomic E-state index is -1.29. The highest BCUT2D eigenvalue weighted by atomic mass is 19.2. The molecule has 1 heterocycles. The molecule has 0 aliphatic heterocycles. The van der Waals surface area contributed by atoms with Crippen LogP contribution in [0, 0.1) is 23.0 Å². The fourth-order valence-corrected chi connectivity index (χ4v) is 4.37. The molecule has 7 nitrogen and oxygen atoms in total. The van der Waals surface area contributed by atoms with Gasteiger partial charge in [-0.05, 0) is 29.3 Å². The van der Waals surface area contributed by atoms with Gasteiger partial charge in [0.2, 0.25) is 5.75 Å². The largest absolute Gasteiger partial charge is 0.501 e. The molecule has 0 aliphatic rings. The molecule has 186 valence electrons. The number of carbonyl (C=O) groups excluding carboxylic acids is 1. The summed E-state index contributed by atoms with van der Waals surface area (Å²) in [6.45, 7) is 1.79. The molecular formula is C28H22F2N4O3. The van der Waals surface area contributed by atoms with E-state index >= 15 is 0 Å². The first-order valence-electron chi connectivity index (χ1n) is 11.3. The third kappa shape index (κ3) is 4.82. The highest BCUT2D eigenvalue weighted by Gasteiger charge is 2.30. The van der Waals surface area contributed by atoms with E-state index in [1.54, 1.807) is 25.1 Å². The van der Waals surface area contributed by atoms with E-state index in [1.165, 1.54) is 13.1 Å². The number of aromatic hydroxyl groups is 1. The zero-order valence-electron chi connectivity index (χ0n) is 19.9. The normalized spacial score (nSPS) is 12.4. The number of hydrogen-bond acceptors (Lipinski definition) is 5. The summed E-state index contributed by atoms with van der Waals surface area (Å²) in [7, 11) is 1.41. The van der Waals surface area contributed by atoms with Gasteiger partial charge in [-0.2, -0.15) is 5.26 Å². The van der Waals surface area contributed by atoms with E-state index in [0.717, 1.165) is 22.3 Å². The Morgan fingerprint density at radius 3 is 2.43 bits per heavy atom. The lowest BCUT2D eigenvalue weighted by atomic mass is 9.79. The monoisotopic (exact) mass is 500 g/mol. The molecule has 0 saturated heterocycles. The maximum atomic E-state index is 14.1. The van der Waals surface area contributed by atoms with Crippen LogP contribution in [0.2, 0.25) is 0 Å². The van der Waals surface area contributed by atoms with Crippen LogP contribution in [-0.2, 0) is 7.05 Å². The van der Waals surface area contributed by atoms with Gasteiger partial charge in [0.05, 0.1) is 17.3 Å². The number of rotatable bonds is 6. The van der Waals surface area contributed by atoms with E-state index in [-0.39, 0.29) is 5.82 Å². The van der Waals surface area contributed by atoms with Crippen LogP contribution in [0.1, 0.15) is 51.8 Å². The molecule has 1 aromatic heterocycles. The number of nitriles is 1. The van der Waals surface area contributed by atoms with E-state index in [4.69, 9.17) is 0 Å². The molecule has 0 aliphatic carbocycles. The van der Waals surface area contributed by atoms with E-state index in [0.29, 0.717) is 11.1 Å². The Balaban J connectivity index is 1.84. The van der Waals surface area contributed by atoms with Crippen LogP contribution >= 0.6 is 0 Å². The summed E-state index contributed by atoms with van der Waals surface area (Å²) >= 11 is 0. The zero-order chi connectivity index (χ0) is 26.7. The van der Waals surface area contributed by atoms with Crippen molar-refractivity contribution in [2.75, 3.05) is 5.32 Å². The number of amides is 1. The number of aromatic nitrogens is 2. The predicted molar refractivity (Wildman–Crippen MR) is 133 cm³/mol. The molecule has 3 aromatic carbocycles. The van der Waals surface area contributed by atoms with Gasteiger partial charge in [0.1, 0.15) is 5.82 Å². The summed E-state index contributed by atoms with van der Waals surface area (Å²) in [6.07, 6.45) is 0. The molecule has 4 rings (SSSR count). The molecule has 4 aromatic rings. The van der Waals surface area contributed by atoms with Crippen molar-refractivity contribution in [3.8, 4) is 11.8 Å². The van der Waals surface area contributed by atoms with Crippen LogP contribution in [-0.4, -0.2) is 20.6 Å². The summed E-state index contributed by atoms with van der Waals surface area (Å²) in [5.74, 6) is -5.33. The summed E-state index contributed by atoms with van der Waals surface area (Å²) < 4.78 is 28.9. The molecular weight excluding hydrogens is 478 g/mol. The zero-order valence-corrected chi connectivity index (χ0v) is 19.9. The van der Waals surface area contributed by atoms with Crippen molar-refractivity contribution >= 4 is 11.6 Å². The maximum absolute atomic E-state index is 14.1.